The van der Waals surface area contributed by atoms with Crippen LogP contribution in [0.5, 0.6) is 0 Å². The van der Waals surface area contributed by atoms with Crippen molar-refractivity contribution in [2.45, 2.75) is 39.8 Å². The first kappa shape index (κ1) is 47.7. The molecule has 0 bridgehead atoms. The van der Waals surface area contributed by atoms with Gasteiger partial charge in [-0.25, -0.2) is 0 Å². The summed E-state index contributed by atoms with van der Waals surface area (Å²) in [7, 11) is 0. The number of aromatic amines is 1. The van der Waals surface area contributed by atoms with E-state index in [9.17, 15) is 4.79 Å². The van der Waals surface area contributed by atoms with E-state index in [4.69, 9.17) is 79.2 Å². The fourth-order valence-electron chi connectivity index (χ4n) is 7.35. The van der Waals surface area contributed by atoms with E-state index < -0.39 is 0 Å². The molecule has 2 N–H and O–H groups in total. The molecule has 2 saturated heterocycles. The average molecular weight is 945 g/mol. The van der Waals surface area contributed by atoms with Gasteiger partial charge in [0.25, 0.3) is 5.91 Å². The smallest absolute Gasteiger partial charge is 0.361 e. The zero-order valence-corrected chi connectivity index (χ0v) is 38.5. The SMILES string of the molecule is CC1=CC(C)=NC1.Cc1n[nH]c(C)c1C(=O)N1CCN(c2ccc(Cl)cc2Cl)C(c2ccc(Cl)cc2)C1.Clc1ccc(C2CNCCN2c2ccc(Cl)cc2Cl)cc1.O=C=O. The number of halogens is 6. The lowest BCUT2D eigenvalue weighted by Gasteiger charge is -2.43. The maximum Gasteiger partial charge on any atom is 0.373 e. The highest BCUT2D eigenvalue weighted by Crippen LogP contribution is 2.38. The Hall–Kier alpha value is -4.35. The molecule has 2 atom stereocenters. The number of piperazine rings is 2. The van der Waals surface area contributed by atoms with Crippen LogP contribution in [-0.2, 0) is 9.59 Å². The summed E-state index contributed by atoms with van der Waals surface area (Å²) in [5.74, 6) is -0.0143. The fraction of sp³-hybridized carbons (Fsp3) is 0.289. The maximum absolute atomic E-state index is 13.3. The Morgan fingerprint density at radius 3 is 1.64 bits per heavy atom. The van der Waals surface area contributed by atoms with Crippen LogP contribution in [0.3, 0.4) is 0 Å². The molecule has 16 heteroatoms. The van der Waals surface area contributed by atoms with Crippen molar-refractivity contribution in [1.29, 1.82) is 0 Å². The Labute approximate surface area is 386 Å². The highest BCUT2D eigenvalue weighted by atomic mass is 35.5. The Kier molecular flexibility index (Phi) is 17.7. The van der Waals surface area contributed by atoms with Crippen LogP contribution in [0.25, 0.3) is 0 Å². The first-order valence-corrected chi connectivity index (χ1v) is 21.6. The summed E-state index contributed by atoms with van der Waals surface area (Å²) >= 11 is 37.1. The fourth-order valence-corrected chi connectivity index (χ4v) is 8.64. The van der Waals surface area contributed by atoms with Crippen LogP contribution in [-0.4, -0.2) is 78.7 Å². The second-order valence-electron chi connectivity index (χ2n) is 14.5. The Morgan fingerprint density at radius 2 is 1.20 bits per heavy atom. The second-order valence-corrected chi connectivity index (χ2v) is 17.1. The summed E-state index contributed by atoms with van der Waals surface area (Å²) in [5, 5.41) is 14.4. The number of rotatable bonds is 5. The molecule has 61 heavy (non-hydrogen) atoms. The van der Waals surface area contributed by atoms with Crippen LogP contribution in [0.4, 0.5) is 11.4 Å². The van der Waals surface area contributed by atoms with Gasteiger partial charge in [-0.05, 0) is 106 Å². The number of nitrogens with one attached hydrogen (secondary N) is 2. The van der Waals surface area contributed by atoms with E-state index in [0.717, 1.165) is 59.5 Å². The van der Waals surface area contributed by atoms with E-state index in [1.807, 2.05) is 86.3 Å². The van der Waals surface area contributed by atoms with Gasteiger partial charge >= 0.3 is 6.15 Å². The Bertz CT molecular complexity index is 2360. The monoisotopic (exact) mass is 941 g/mol. The van der Waals surface area contributed by atoms with E-state index in [2.05, 4.69) is 55.4 Å². The number of nitrogens with zero attached hydrogens (tertiary/aromatic N) is 5. The van der Waals surface area contributed by atoms with Gasteiger partial charge < -0.3 is 20.0 Å². The topological polar surface area (TPSA) is 114 Å². The van der Waals surface area contributed by atoms with Crippen LogP contribution < -0.4 is 15.1 Å². The number of carbonyl (C=O) groups is 1. The summed E-state index contributed by atoms with van der Waals surface area (Å²) in [5.41, 5.74) is 8.86. The molecule has 3 aliphatic rings. The van der Waals surface area contributed by atoms with E-state index in [1.54, 1.807) is 12.1 Å². The third kappa shape index (κ3) is 12.8. The zero-order valence-electron chi connectivity index (χ0n) is 34.0. The number of aliphatic imine (C=N–C) groups is 1. The van der Waals surface area contributed by atoms with Crippen molar-refractivity contribution in [2.24, 2.45) is 4.99 Å². The van der Waals surface area contributed by atoms with E-state index in [1.165, 1.54) is 11.1 Å². The minimum absolute atomic E-state index is 0.0143. The van der Waals surface area contributed by atoms with Crippen molar-refractivity contribution in [2.75, 3.05) is 55.6 Å². The van der Waals surface area contributed by atoms with Crippen LogP contribution in [0.15, 0.2) is 102 Å². The van der Waals surface area contributed by atoms with Crippen molar-refractivity contribution in [1.82, 2.24) is 20.4 Å². The summed E-state index contributed by atoms with van der Waals surface area (Å²) < 4.78 is 0. The molecule has 0 spiro atoms. The largest absolute Gasteiger partial charge is 0.373 e. The third-order valence-electron chi connectivity index (χ3n) is 10.2. The summed E-state index contributed by atoms with van der Waals surface area (Å²) in [6.45, 7) is 13.2. The standard InChI is InChI=1S/C22H21Cl3N4O.C16H15Cl3N2.C6H9N.CO2/c1-13-21(14(2)27-26-13)22(30)28-9-10-29(19-8-7-17(24)11-18(19)25)20(12-28)15-3-5-16(23)6-4-15;17-12-3-1-11(2-4-12)16-10-20-7-8-21(16)15-6-5-13(18)9-14(15)19;1-5-3-6(2)7-4-5;2-1-3/h3-8,11,20H,9-10,12H2,1-2H3,(H,26,27);1-6,9,16,20H,7-8,10H2;3H,4H2,1-2H3;. The number of allylic oxidation sites excluding steroid dienone is 1. The van der Waals surface area contributed by atoms with Crippen LogP contribution >= 0.6 is 69.6 Å². The lowest BCUT2D eigenvalue weighted by atomic mass is 10.0. The Morgan fingerprint density at radius 1 is 0.689 bits per heavy atom. The number of aryl methyl sites for hydroxylation is 2. The van der Waals surface area contributed by atoms with Gasteiger partial charge in [-0.2, -0.15) is 14.7 Å². The molecule has 8 rings (SSSR count). The molecular weight excluding hydrogens is 899 g/mol. The van der Waals surface area contributed by atoms with E-state index in [0.29, 0.717) is 56.0 Å². The van der Waals surface area contributed by atoms with Gasteiger partial charge in [-0.15, -0.1) is 0 Å². The average Bonchev–Trinajstić information content (AvgIpc) is 3.79. The first-order valence-electron chi connectivity index (χ1n) is 19.3. The molecule has 2 fully saturated rings. The number of H-pyrrole nitrogens is 1. The number of hydrogen-bond acceptors (Lipinski definition) is 8. The van der Waals surface area contributed by atoms with Crippen LogP contribution in [0.2, 0.25) is 30.1 Å². The molecule has 0 aliphatic carbocycles. The normalized spacial score (nSPS) is 17.0. The van der Waals surface area contributed by atoms with Gasteiger partial charge in [0, 0.05) is 70.8 Å². The number of amides is 1. The minimum atomic E-state index is -0.0776. The molecule has 320 valence electrons. The molecule has 0 radical (unpaired) electrons. The van der Waals surface area contributed by atoms with Crippen molar-refractivity contribution < 1.29 is 14.4 Å². The number of anilines is 2. The van der Waals surface area contributed by atoms with Crippen molar-refractivity contribution in [3.05, 3.63) is 155 Å². The Balaban J connectivity index is 0.000000195. The first-order chi connectivity index (χ1) is 29.2. The van der Waals surface area contributed by atoms with Gasteiger partial charge in [0.15, 0.2) is 0 Å². The quantitative estimate of drug-likeness (QED) is 0.180. The third-order valence-corrected chi connectivity index (χ3v) is 11.8. The molecule has 4 aromatic carbocycles. The highest BCUT2D eigenvalue weighted by Gasteiger charge is 2.34. The maximum atomic E-state index is 13.3. The summed E-state index contributed by atoms with van der Waals surface area (Å²) in [4.78, 5) is 40.1. The number of benzene rings is 4. The van der Waals surface area contributed by atoms with Gasteiger partial charge in [-0.3, -0.25) is 14.9 Å². The predicted molar refractivity (Wildman–Crippen MR) is 250 cm³/mol. The van der Waals surface area contributed by atoms with Crippen LogP contribution in [0, 0.1) is 13.8 Å². The van der Waals surface area contributed by atoms with Crippen molar-refractivity contribution in [3.8, 4) is 0 Å². The molecular formula is C45H45Cl6N7O3. The van der Waals surface area contributed by atoms with E-state index in [-0.39, 0.29) is 24.1 Å². The highest BCUT2D eigenvalue weighted by molar-refractivity contribution is 6.37. The molecule has 4 heterocycles. The van der Waals surface area contributed by atoms with Gasteiger partial charge in [0.1, 0.15) is 0 Å². The lowest BCUT2D eigenvalue weighted by molar-refractivity contribution is -0.191. The molecule has 3 aliphatic heterocycles. The molecule has 10 nitrogen and oxygen atoms in total. The number of aromatic nitrogens is 2. The number of carbonyl (C=O) groups excluding carboxylic acids is 3. The zero-order chi connectivity index (χ0) is 44.2. The van der Waals surface area contributed by atoms with Crippen molar-refractivity contribution >= 4 is 98.8 Å². The van der Waals surface area contributed by atoms with Gasteiger partial charge in [0.2, 0.25) is 0 Å². The van der Waals surface area contributed by atoms with E-state index >= 15 is 0 Å². The van der Waals surface area contributed by atoms with Crippen molar-refractivity contribution in [3.63, 3.8) is 0 Å². The van der Waals surface area contributed by atoms with Crippen LogP contribution in [0.1, 0.15) is 58.8 Å². The van der Waals surface area contributed by atoms with Gasteiger partial charge in [0.05, 0.1) is 51.3 Å². The molecule has 2 unspecified atom stereocenters. The summed E-state index contributed by atoms with van der Waals surface area (Å²) in [6, 6.07) is 27.0. The lowest BCUT2D eigenvalue weighted by Crippen LogP contribution is -2.51. The minimum Gasteiger partial charge on any atom is -0.361 e. The summed E-state index contributed by atoms with van der Waals surface area (Å²) in [6.07, 6.45) is 2.36. The molecule has 1 aromatic heterocycles. The van der Waals surface area contributed by atoms with Gasteiger partial charge in [-0.1, -0.05) is 99.4 Å². The predicted octanol–water partition coefficient (Wildman–Crippen LogP) is 11.3. The molecule has 1 amide bonds. The molecule has 0 saturated carbocycles. The number of hydrogen-bond donors (Lipinski definition) is 2. The second kappa shape index (κ2) is 22.7. The molecule has 5 aromatic rings.